The Morgan fingerprint density at radius 3 is 2.00 bits per heavy atom. The zero-order valence-corrected chi connectivity index (χ0v) is 11.5. The minimum atomic E-state index is -4.42. The number of aromatic nitrogens is 2. The molecule has 0 bridgehead atoms. The smallest absolute Gasteiger partial charge is 0.231 e. The van der Waals surface area contributed by atoms with Crippen molar-refractivity contribution in [3.63, 3.8) is 0 Å². The average Bonchev–Trinajstić information content (AvgIpc) is 2.25. The first-order valence-corrected chi connectivity index (χ1v) is 8.09. The van der Waals surface area contributed by atoms with E-state index in [1.165, 1.54) is 18.2 Å². The Labute approximate surface area is 113 Å². The van der Waals surface area contributed by atoms with Crippen molar-refractivity contribution in [3.8, 4) is 0 Å². The summed E-state index contributed by atoms with van der Waals surface area (Å²) >= 11 is 5.83. The van der Waals surface area contributed by atoms with Gasteiger partial charge in [-0.05, 0) is 12.1 Å². The minimum Gasteiger partial charge on any atom is -0.231 e. The summed E-state index contributed by atoms with van der Waals surface area (Å²) in [4.78, 5) is 7.30. The maximum Gasteiger partial charge on any atom is 0.258 e. The molecule has 1 aromatic heterocycles. The third-order valence-corrected chi connectivity index (χ3v) is 4.20. The van der Waals surface area contributed by atoms with Gasteiger partial charge in [0.05, 0.1) is 10.5 Å². The van der Waals surface area contributed by atoms with Gasteiger partial charge in [0.25, 0.3) is 20.0 Å². The van der Waals surface area contributed by atoms with E-state index >= 15 is 0 Å². The van der Waals surface area contributed by atoms with E-state index in [0.29, 0.717) is 0 Å². The van der Waals surface area contributed by atoms with Gasteiger partial charge in [-0.1, -0.05) is 17.7 Å². The van der Waals surface area contributed by atoms with Gasteiger partial charge in [0.2, 0.25) is 10.1 Å². The highest BCUT2D eigenvalue weighted by Gasteiger charge is 2.26. The van der Waals surface area contributed by atoms with Crippen LogP contribution in [0.3, 0.4) is 0 Å². The molecule has 0 aliphatic heterocycles. The molecule has 102 valence electrons. The van der Waals surface area contributed by atoms with E-state index in [9.17, 15) is 16.8 Å². The summed E-state index contributed by atoms with van der Waals surface area (Å²) in [5.41, 5.74) is 0.101. The lowest BCUT2D eigenvalue weighted by Crippen LogP contribution is -2.23. The largest absolute Gasteiger partial charge is 0.258 e. The number of halogens is 1. The van der Waals surface area contributed by atoms with Crippen LogP contribution in [-0.4, -0.2) is 26.8 Å². The topological polar surface area (TPSA) is 146 Å². The number of sulfonamides is 2. The molecule has 0 fully saturated rings. The summed E-state index contributed by atoms with van der Waals surface area (Å²) in [5.74, 6) is 0. The number of para-hydroxylation sites is 1. The lowest BCUT2D eigenvalue weighted by molar-refractivity contribution is 0.575. The molecule has 0 atom stereocenters. The van der Waals surface area contributed by atoms with Crippen molar-refractivity contribution < 1.29 is 16.8 Å². The summed E-state index contributed by atoms with van der Waals surface area (Å²) in [7, 11) is -8.81. The third kappa shape index (κ3) is 2.67. The first-order chi connectivity index (χ1) is 8.60. The quantitative estimate of drug-likeness (QED) is 0.767. The highest BCUT2D eigenvalue weighted by atomic mass is 35.5. The number of benzene rings is 1. The lowest BCUT2D eigenvalue weighted by atomic mass is 10.3. The predicted molar refractivity (Wildman–Crippen MR) is 67.3 cm³/mol. The van der Waals surface area contributed by atoms with E-state index < -0.39 is 30.1 Å². The second-order valence-corrected chi connectivity index (χ2v) is 6.89. The molecule has 0 amide bonds. The summed E-state index contributed by atoms with van der Waals surface area (Å²) in [6.07, 6.45) is 0. The van der Waals surface area contributed by atoms with Gasteiger partial charge in [0.1, 0.15) is 5.52 Å². The summed E-state index contributed by atoms with van der Waals surface area (Å²) in [5, 5.41) is 8.06. The van der Waals surface area contributed by atoms with E-state index in [0.717, 1.165) is 0 Å². The summed E-state index contributed by atoms with van der Waals surface area (Å²) in [6.45, 7) is 0. The molecule has 0 unspecified atom stereocenters. The second-order valence-electron chi connectivity index (χ2n) is 3.53. The molecule has 11 heteroatoms. The number of rotatable bonds is 2. The zero-order valence-electron chi connectivity index (χ0n) is 9.11. The molecule has 0 aliphatic carbocycles. The van der Waals surface area contributed by atoms with Gasteiger partial charge in [-0.25, -0.2) is 37.1 Å². The Balaban J connectivity index is 3.04. The number of nitrogens with two attached hydrogens (primary N) is 2. The number of nitrogens with zero attached hydrogens (tertiary/aromatic N) is 2. The SMILES string of the molecule is NS(=O)(=O)c1nc2cccc(Cl)c2nc1S(N)(=O)=O. The Hall–Kier alpha value is -1.33. The van der Waals surface area contributed by atoms with Gasteiger partial charge in [0, 0.05) is 0 Å². The molecule has 19 heavy (non-hydrogen) atoms. The van der Waals surface area contributed by atoms with Crippen LogP contribution >= 0.6 is 11.6 Å². The normalized spacial score (nSPS) is 12.8. The van der Waals surface area contributed by atoms with Gasteiger partial charge in [-0.3, -0.25) is 0 Å². The third-order valence-electron chi connectivity index (χ3n) is 2.12. The Kier molecular flexibility index (Phi) is 3.23. The van der Waals surface area contributed by atoms with Gasteiger partial charge in [-0.15, -0.1) is 0 Å². The molecule has 4 N–H and O–H groups in total. The first-order valence-electron chi connectivity index (χ1n) is 4.62. The predicted octanol–water partition coefficient (Wildman–Crippen LogP) is -0.422. The minimum absolute atomic E-state index is 0.0144. The molecule has 0 aliphatic rings. The van der Waals surface area contributed by atoms with Crippen LogP contribution < -0.4 is 10.3 Å². The summed E-state index contributed by atoms with van der Waals surface area (Å²) in [6, 6.07) is 4.36. The fourth-order valence-electron chi connectivity index (χ4n) is 1.38. The molecular weight excluding hydrogens is 316 g/mol. The molecule has 1 heterocycles. The Morgan fingerprint density at radius 2 is 1.47 bits per heavy atom. The average molecular weight is 323 g/mol. The number of hydrogen-bond donors (Lipinski definition) is 2. The number of primary sulfonamides is 2. The van der Waals surface area contributed by atoms with Crippen LogP contribution in [0.2, 0.25) is 5.02 Å². The van der Waals surface area contributed by atoms with Crippen LogP contribution in [0.4, 0.5) is 0 Å². The van der Waals surface area contributed by atoms with E-state index in [-0.39, 0.29) is 16.1 Å². The van der Waals surface area contributed by atoms with Crippen molar-refractivity contribution >= 4 is 42.7 Å². The van der Waals surface area contributed by atoms with E-state index in [1.54, 1.807) is 0 Å². The van der Waals surface area contributed by atoms with Crippen molar-refractivity contribution in [1.82, 2.24) is 9.97 Å². The number of fused-ring (bicyclic) bond motifs is 1. The van der Waals surface area contributed by atoms with Gasteiger partial charge < -0.3 is 0 Å². The molecule has 0 saturated carbocycles. The lowest BCUT2D eigenvalue weighted by Gasteiger charge is -2.06. The molecule has 0 spiro atoms. The molecule has 2 rings (SSSR count). The van der Waals surface area contributed by atoms with E-state index in [1.807, 2.05) is 0 Å². The van der Waals surface area contributed by atoms with Crippen LogP contribution in [0.15, 0.2) is 28.3 Å². The number of hydrogen-bond acceptors (Lipinski definition) is 6. The maximum atomic E-state index is 11.4. The molecular formula is C8H7ClN4O4S2. The van der Waals surface area contributed by atoms with E-state index in [4.69, 9.17) is 21.9 Å². The van der Waals surface area contributed by atoms with Crippen molar-refractivity contribution in [3.05, 3.63) is 23.2 Å². The fourth-order valence-corrected chi connectivity index (χ4v) is 3.31. The van der Waals surface area contributed by atoms with Crippen LogP contribution in [0, 0.1) is 0 Å². The fraction of sp³-hybridized carbons (Fsp3) is 0. The van der Waals surface area contributed by atoms with Gasteiger partial charge >= 0.3 is 0 Å². The molecule has 0 radical (unpaired) electrons. The zero-order chi connectivity index (χ0) is 14.4. The van der Waals surface area contributed by atoms with Crippen LogP contribution in [0.1, 0.15) is 0 Å². The second kappa shape index (κ2) is 4.35. The molecule has 8 nitrogen and oxygen atoms in total. The van der Waals surface area contributed by atoms with Crippen molar-refractivity contribution in [2.75, 3.05) is 0 Å². The van der Waals surface area contributed by atoms with Crippen molar-refractivity contribution in [2.45, 2.75) is 10.1 Å². The van der Waals surface area contributed by atoms with Gasteiger partial charge in [0.15, 0.2) is 0 Å². The van der Waals surface area contributed by atoms with Crippen molar-refractivity contribution in [2.24, 2.45) is 10.3 Å². The summed E-state index contributed by atoms with van der Waals surface area (Å²) < 4.78 is 45.4. The first kappa shape index (κ1) is 14.1. The maximum absolute atomic E-state index is 11.4. The Bertz CT molecular complexity index is 879. The Morgan fingerprint density at radius 1 is 0.947 bits per heavy atom. The standard InChI is InChI=1S/C8H7ClN4O4S2/c9-4-2-1-3-5-6(4)13-8(19(11,16)17)7(12-5)18(10,14)15/h1-3H,(H2,10,14,15)(H2,11,16,17). The van der Waals surface area contributed by atoms with Crippen molar-refractivity contribution in [1.29, 1.82) is 0 Å². The van der Waals surface area contributed by atoms with Crippen LogP contribution in [-0.2, 0) is 20.0 Å². The van der Waals surface area contributed by atoms with Crippen LogP contribution in [0.5, 0.6) is 0 Å². The highest BCUT2D eigenvalue weighted by molar-refractivity contribution is 7.92. The highest BCUT2D eigenvalue weighted by Crippen LogP contribution is 2.24. The monoisotopic (exact) mass is 322 g/mol. The molecule has 2 aromatic rings. The molecule has 1 aromatic carbocycles. The van der Waals surface area contributed by atoms with E-state index in [2.05, 4.69) is 9.97 Å². The van der Waals surface area contributed by atoms with Crippen LogP contribution in [0.25, 0.3) is 11.0 Å². The molecule has 0 saturated heterocycles. The van der Waals surface area contributed by atoms with Gasteiger partial charge in [-0.2, -0.15) is 0 Å².